The SMILES string of the molecule is CC(CCO)CNC(c1ccco1)c1ccc(Cl)s1. The van der Waals surface area contributed by atoms with Gasteiger partial charge in [-0.3, -0.25) is 0 Å². The Morgan fingerprint density at radius 1 is 1.42 bits per heavy atom. The summed E-state index contributed by atoms with van der Waals surface area (Å²) in [4.78, 5) is 1.14. The highest BCUT2D eigenvalue weighted by Gasteiger charge is 2.19. The van der Waals surface area contributed by atoms with E-state index in [0.717, 1.165) is 27.9 Å². The maximum atomic E-state index is 8.94. The summed E-state index contributed by atoms with van der Waals surface area (Å²) in [6.07, 6.45) is 2.47. The fourth-order valence-electron chi connectivity index (χ4n) is 1.92. The van der Waals surface area contributed by atoms with Crippen LogP contribution in [0, 0.1) is 5.92 Å². The largest absolute Gasteiger partial charge is 0.467 e. The fraction of sp³-hybridized carbons (Fsp3) is 0.429. The maximum absolute atomic E-state index is 8.94. The lowest BCUT2D eigenvalue weighted by molar-refractivity contribution is 0.258. The normalized spacial score (nSPS) is 14.5. The first-order valence-corrected chi connectivity index (χ1v) is 7.53. The molecule has 2 aromatic rings. The number of aliphatic hydroxyl groups excluding tert-OH is 1. The number of rotatable bonds is 7. The van der Waals surface area contributed by atoms with Crippen LogP contribution < -0.4 is 5.32 Å². The van der Waals surface area contributed by atoms with Crippen molar-refractivity contribution in [2.45, 2.75) is 19.4 Å². The number of nitrogens with one attached hydrogen (secondary N) is 1. The highest BCUT2D eigenvalue weighted by Crippen LogP contribution is 2.31. The second-order valence-electron chi connectivity index (χ2n) is 4.62. The minimum Gasteiger partial charge on any atom is -0.467 e. The standard InChI is InChI=1S/C14H18ClNO2S/c1-10(6-7-17)9-16-14(11-3-2-8-18-11)12-4-5-13(15)19-12/h2-5,8,10,14,16-17H,6-7,9H2,1H3. The molecule has 0 bridgehead atoms. The number of aliphatic hydroxyl groups is 1. The van der Waals surface area contributed by atoms with Gasteiger partial charge in [-0.15, -0.1) is 11.3 Å². The molecule has 2 aromatic heterocycles. The Balaban J connectivity index is 2.07. The zero-order chi connectivity index (χ0) is 13.7. The van der Waals surface area contributed by atoms with Gasteiger partial charge in [-0.05, 0) is 43.1 Å². The van der Waals surface area contributed by atoms with E-state index >= 15 is 0 Å². The Hall–Kier alpha value is -0.810. The fourth-order valence-corrected chi connectivity index (χ4v) is 3.07. The van der Waals surface area contributed by atoms with Crippen LogP contribution in [0.25, 0.3) is 0 Å². The van der Waals surface area contributed by atoms with E-state index in [0.29, 0.717) is 5.92 Å². The van der Waals surface area contributed by atoms with E-state index in [1.54, 1.807) is 17.6 Å². The molecule has 3 nitrogen and oxygen atoms in total. The maximum Gasteiger partial charge on any atom is 0.126 e. The van der Waals surface area contributed by atoms with E-state index in [9.17, 15) is 0 Å². The van der Waals surface area contributed by atoms with Crippen LogP contribution >= 0.6 is 22.9 Å². The molecule has 0 aliphatic heterocycles. The number of hydrogen-bond acceptors (Lipinski definition) is 4. The molecule has 2 atom stereocenters. The molecular weight excluding hydrogens is 282 g/mol. The summed E-state index contributed by atoms with van der Waals surface area (Å²) in [6, 6.07) is 7.78. The van der Waals surface area contributed by atoms with E-state index in [4.69, 9.17) is 21.1 Å². The summed E-state index contributed by atoms with van der Waals surface area (Å²) < 4.78 is 6.28. The molecule has 0 aromatic carbocycles. The molecule has 5 heteroatoms. The van der Waals surface area contributed by atoms with Crippen molar-refractivity contribution in [1.82, 2.24) is 5.32 Å². The van der Waals surface area contributed by atoms with Gasteiger partial charge in [-0.2, -0.15) is 0 Å². The Morgan fingerprint density at radius 3 is 2.84 bits per heavy atom. The minimum absolute atomic E-state index is 0.0219. The molecule has 0 aliphatic rings. The molecule has 0 amide bonds. The van der Waals surface area contributed by atoms with Crippen molar-refractivity contribution in [3.8, 4) is 0 Å². The zero-order valence-electron chi connectivity index (χ0n) is 10.8. The van der Waals surface area contributed by atoms with Gasteiger partial charge >= 0.3 is 0 Å². The summed E-state index contributed by atoms with van der Waals surface area (Å²) in [5, 5.41) is 12.4. The Bertz CT molecular complexity index is 483. The van der Waals surface area contributed by atoms with Crippen molar-refractivity contribution >= 4 is 22.9 Å². The van der Waals surface area contributed by atoms with E-state index in [1.807, 2.05) is 24.3 Å². The second kappa shape index (κ2) is 7.10. The van der Waals surface area contributed by atoms with E-state index in [1.165, 1.54) is 0 Å². The monoisotopic (exact) mass is 299 g/mol. The highest BCUT2D eigenvalue weighted by atomic mass is 35.5. The van der Waals surface area contributed by atoms with Gasteiger partial charge in [0, 0.05) is 11.5 Å². The van der Waals surface area contributed by atoms with Crippen LogP contribution in [0.5, 0.6) is 0 Å². The van der Waals surface area contributed by atoms with Gasteiger partial charge in [0.05, 0.1) is 10.6 Å². The number of thiophene rings is 1. The third-order valence-electron chi connectivity index (χ3n) is 3.00. The van der Waals surface area contributed by atoms with Gasteiger partial charge in [0.15, 0.2) is 0 Å². The first-order chi connectivity index (χ1) is 9.20. The molecule has 2 heterocycles. The van der Waals surface area contributed by atoms with Crippen LogP contribution in [-0.4, -0.2) is 18.3 Å². The number of hydrogen-bond donors (Lipinski definition) is 2. The van der Waals surface area contributed by atoms with Crippen LogP contribution in [0.3, 0.4) is 0 Å². The molecule has 0 fully saturated rings. The lowest BCUT2D eigenvalue weighted by atomic mass is 10.1. The molecule has 2 rings (SSSR count). The Morgan fingerprint density at radius 2 is 2.26 bits per heavy atom. The van der Waals surface area contributed by atoms with Gasteiger partial charge in [-0.25, -0.2) is 0 Å². The highest BCUT2D eigenvalue weighted by molar-refractivity contribution is 7.16. The van der Waals surface area contributed by atoms with Gasteiger partial charge in [-0.1, -0.05) is 18.5 Å². The van der Waals surface area contributed by atoms with E-state index in [-0.39, 0.29) is 12.6 Å². The summed E-state index contributed by atoms with van der Waals surface area (Å²) in [6.45, 7) is 3.16. The first-order valence-electron chi connectivity index (χ1n) is 6.33. The summed E-state index contributed by atoms with van der Waals surface area (Å²) in [7, 11) is 0. The molecular formula is C14H18ClNO2S. The summed E-state index contributed by atoms with van der Waals surface area (Å²) >= 11 is 7.56. The molecule has 19 heavy (non-hydrogen) atoms. The van der Waals surface area contributed by atoms with Crippen molar-refractivity contribution in [3.63, 3.8) is 0 Å². The first kappa shape index (κ1) is 14.6. The van der Waals surface area contributed by atoms with Gasteiger partial charge in [0.2, 0.25) is 0 Å². The third-order valence-corrected chi connectivity index (χ3v) is 4.29. The van der Waals surface area contributed by atoms with Crippen LogP contribution in [0.15, 0.2) is 34.9 Å². The number of halogens is 1. The predicted octanol–water partition coefficient (Wildman–Crippen LogP) is 3.69. The molecule has 0 radical (unpaired) electrons. The quantitative estimate of drug-likeness (QED) is 0.819. The van der Waals surface area contributed by atoms with E-state index in [2.05, 4.69) is 12.2 Å². The predicted molar refractivity (Wildman–Crippen MR) is 78.7 cm³/mol. The summed E-state index contributed by atoms with van der Waals surface area (Å²) in [5.74, 6) is 1.30. The zero-order valence-corrected chi connectivity index (χ0v) is 12.4. The van der Waals surface area contributed by atoms with Crippen LogP contribution in [0.2, 0.25) is 4.34 Å². The van der Waals surface area contributed by atoms with Gasteiger partial charge < -0.3 is 14.8 Å². The average molecular weight is 300 g/mol. The van der Waals surface area contributed by atoms with Crippen LogP contribution in [-0.2, 0) is 0 Å². The molecule has 0 saturated heterocycles. The number of furan rings is 1. The molecule has 2 N–H and O–H groups in total. The van der Waals surface area contributed by atoms with Gasteiger partial charge in [0.1, 0.15) is 11.8 Å². The van der Waals surface area contributed by atoms with Crippen LogP contribution in [0.1, 0.15) is 30.0 Å². The average Bonchev–Trinajstić information content (AvgIpc) is 3.02. The van der Waals surface area contributed by atoms with Crippen molar-refractivity contribution in [1.29, 1.82) is 0 Å². The summed E-state index contributed by atoms with van der Waals surface area (Å²) in [5.41, 5.74) is 0. The molecule has 0 saturated carbocycles. The molecule has 0 aliphatic carbocycles. The van der Waals surface area contributed by atoms with Gasteiger partial charge in [0.25, 0.3) is 0 Å². The minimum atomic E-state index is 0.0219. The molecule has 0 spiro atoms. The molecule has 2 unspecified atom stereocenters. The van der Waals surface area contributed by atoms with Crippen molar-refractivity contribution in [2.75, 3.05) is 13.2 Å². The lowest BCUT2D eigenvalue weighted by Gasteiger charge is -2.18. The van der Waals surface area contributed by atoms with Crippen LogP contribution in [0.4, 0.5) is 0 Å². The van der Waals surface area contributed by atoms with Crippen molar-refractivity contribution in [3.05, 3.63) is 45.5 Å². The Labute approximate surface area is 122 Å². The second-order valence-corrected chi connectivity index (χ2v) is 6.36. The topological polar surface area (TPSA) is 45.4 Å². The van der Waals surface area contributed by atoms with Crippen molar-refractivity contribution in [2.24, 2.45) is 5.92 Å². The third kappa shape index (κ3) is 4.08. The Kier molecular flexibility index (Phi) is 5.45. The molecule has 104 valence electrons. The lowest BCUT2D eigenvalue weighted by Crippen LogP contribution is -2.26. The van der Waals surface area contributed by atoms with Crippen molar-refractivity contribution < 1.29 is 9.52 Å². The smallest absolute Gasteiger partial charge is 0.126 e. The van der Waals surface area contributed by atoms with E-state index < -0.39 is 0 Å².